The molecular formula is C21H37NO4S. The monoisotopic (exact) mass is 399 g/mol. The zero-order chi connectivity index (χ0) is 19.1. The quantitative estimate of drug-likeness (QED) is 0.400. The lowest BCUT2D eigenvalue weighted by molar-refractivity contribution is -0.129. The van der Waals surface area contributed by atoms with E-state index in [-0.39, 0.29) is 12.0 Å². The number of nitrogens with one attached hydrogen (secondary N) is 1. The van der Waals surface area contributed by atoms with Crippen LogP contribution in [-0.4, -0.2) is 47.0 Å². The van der Waals surface area contributed by atoms with E-state index >= 15 is 0 Å². The average Bonchev–Trinajstić information content (AvgIpc) is 3.29. The SMILES string of the molecule is CC(CCCC(=O)NO)OCC1C2CCC(O2)C1CCSC1CCCCC1. The number of hydrogen-bond donors (Lipinski definition) is 2. The van der Waals surface area contributed by atoms with Crippen LogP contribution in [0.15, 0.2) is 0 Å². The van der Waals surface area contributed by atoms with Crippen molar-refractivity contribution >= 4 is 17.7 Å². The highest BCUT2D eigenvalue weighted by Gasteiger charge is 2.48. The molecule has 1 amide bonds. The van der Waals surface area contributed by atoms with E-state index in [2.05, 4.69) is 18.7 Å². The van der Waals surface area contributed by atoms with Crippen LogP contribution in [0, 0.1) is 11.8 Å². The minimum Gasteiger partial charge on any atom is -0.378 e. The third kappa shape index (κ3) is 6.34. The molecule has 0 aromatic carbocycles. The maximum Gasteiger partial charge on any atom is 0.243 e. The molecule has 0 aromatic heterocycles. The van der Waals surface area contributed by atoms with Gasteiger partial charge in [-0.15, -0.1) is 0 Å². The number of rotatable bonds is 11. The predicted molar refractivity (Wildman–Crippen MR) is 108 cm³/mol. The minimum atomic E-state index is -0.320. The van der Waals surface area contributed by atoms with Gasteiger partial charge in [-0.1, -0.05) is 19.3 Å². The number of carbonyl (C=O) groups excluding carboxylic acids is 1. The lowest BCUT2D eigenvalue weighted by atomic mass is 9.78. The summed E-state index contributed by atoms with van der Waals surface area (Å²) in [4.78, 5) is 11.1. The molecule has 0 radical (unpaired) electrons. The van der Waals surface area contributed by atoms with Crippen LogP contribution in [0.4, 0.5) is 0 Å². The molecular weight excluding hydrogens is 362 g/mol. The van der Waals surface area contributed by atoms with Gasteiger partial charge >= 0.3 is 0 Å². The van der Waals surface area contributed by atoms with Crippen LogP contribution in [0.1, 0.15) is 77.6 Å². The first-order chi connectivity index (χ1) is 13.2. The van der Waals surface area contributed by atoms with Crippen molar-refractivity contribution in [2.75, 3.05) is 12.4 Å². The fourth-order valence-corrected chi connectivity index (χ4v) is 6.48. The standard InChI is InChI=1S/C21H37NO4S/c1-15(6-5-9-21(23)22-24)25-14-18-17(19-10-11-20(18)26-19)12-13-27-16-7-3-2-4-8-16/h15-20,24H,2-14H2,1H3,(H,22,23). The van der Waals surface area contributed by atoms with E-state index in [1.807, 2.05) is 0 Å². The predicted octanol–water partition coefficient (Wildman–Crippen LogP) is 4.32. The Balaban J connectivity index is 1.36. The van der Waals surface area contributed by atoms with Crippen molar-refractivity contribution in [1.29, 1.82) is 0 Å². The summed E-state index contributed by atoms with van der Waals surface area (Å²) >= 11 is 2.20. The lowest BCUT2D eigenvalue weighted by Crippen LogP contribution is -2.32. The zero-order valence-corrected chi connectivity index (χ0v) is 17.6. The number of fused-ring (bicyclic) bond motifs is 2. The van der Waals surface area contributed by atoms with Crippen molar-refractivity contribution < 1.29 is 19.5 Å². The van der Waals surface area contributed by atoms with Gasteiger partial charge in [0.05, 0.1) is 24.9 Å². The fourth-order valence-electron chi connectivity index (χ4n) is 5.07. The number of ether oxygens (including phenoxy) is 2. The van der Waals surface area contributed by atoms with E-state index in [0.29, 0.717) is 30.5 Å². The molecule has 3 aliphatic rings. The molecule has 2 saturated heterocycles. The van der Waals surface area contributed by atoms with Crippen molar-refractivity contribution in [3.8, 4) is 0 Å². The van der Waals surface area contributed by atoms with Crippen LogP contribution in [-0.2, 0) is 14.3 Å². The van der Waals surface area contributed by atoms with Crippen molar-refractivity contribution in [3.63, 3.8) is 0 Å². The van der Waals surface area contributed by atoms with E-state index in [1.54, 1.807) is 5.48 Å². The number of hydroxylamine groups is 1. The summed E-state index contributed by atoms with van der Waals surface area (Å²) in [6, 6.07) is 0. The molecule has 156 valence electrons. The van der Waals surface area contributed by atoms with Gasteiger partial charge in [-0.2, -0.15) is 11.8 Å². The Morgan fingerprint density at radius 2 is 1.93 bits per heavy atom. The van der Waals surface area contributed by atoms with Crippen LogP contribution in [0.5, 0.6) is 0 Å². The summed E-state index contributed by atoms with van der Waals surface area (Å²) < 4.78 is 12.4. The minimum absolute atomic E-state index is 0.146. The van der Waals surface area contributed by atoms with Crippen LogP contribution in [0.25, 0.3) is 0 Å². The van der Waals surface area contributed by atoms with Gasteiger partial charge in [0.1, 0.15) is 0 Å². The van der Waals surface area contributed by atoms with E-state index in [0.717, 1.165) is 24.7 Å². The van der Waals surface area contributed by atoms with Crippen molar-refractivity contribution in [1.82, 2.24) is 5.48 Å². The molecule has 5 nitrogen and oxygen atoms in total. The van der Waals surface area contributed by atoms with E-state index in [1.165, 1.54) is 57.1 Å². The molecule has 1 saturated carbocycles. The van der Waals surface area contributed by atoms with Crippen LogP contribution >= 0.6 is 11.8 Å². The molecule has 27 heavy (non-hydrogen) atoms. The Bertz CT molecular complexity index is 457. The largest absolute Gasteiger partial charge is 0.378 e. The highest BCUT2D eigenvalue weighted by atomic mass is 32.2. The van der Waals surface area contributed by atoms with E-state index in [9.17, 15) is 4.79 Å². The van der Waals surface area contributed by atoms with Crippen molar-refractivity contribution in [2.45, 2.75) is 101 Å². The number of thioether (sulfide) groups is 1. The van der Waals surface area contributed by atoms with Crippen molar-refractivity contribution in [2.24, 2.45) is 11.8 Å². The fraction of sp³-hybridized carbons (Fsp3) is 0.952. The normalized spacial score (nSPS) is 31.9. The average molecular weight is 400 g/mol. The highest BCUT2D eigenvalue weighted by molar-refractivity contribution is 7.99. The van der Waals surface area contributed by atoms with Crippen LogP contribution < -0.4 is 5.48 Å². The topological polar surface area (TPSA) is 67.8 Å². The third-order valence-electron chi connectivity index (χ3n) is 6.66. The smallest absolute Gasteiger partial charge is 0.243 e. The Morgan fingerprint density at radius 3 is 2.67 bits per heavy atom. The first kappa shape index (κ1) is 21.4. The molecule has 3 rings (SSSR count). The second-order valence-corrected chi connectivity index (χ2v) is 10.0. The maximum atomic E-state index is 11.1. The van der Waals surface area contributed by atoms with E-state index < -0.39 is 0 Å². The Kier molecular flexibility index (Phi) is 8.75. The van der Waals surface area contributed by atoms with Crippen LogP contribution in [0.2, 0.25) is 0 Å². The molecule has 3 fully saturated rings. The molecule has 5 atom stereocenters. The molecule has 2 heterocycles. The third-order valence-corrected chi connectivity index (χ3v) is 8.07. The van der Waals surface area contributed by atoms with Gasteiger partial charge in [-0.3, -0.25) is 10.0 Å². The van der Waals surface area contributed by atoms with Gasteiger partial charge in [0.15, 0.2) is 0 Å². The van der Waals surface area contributed by atoms with Gasteiger partial charge < -0.3 is 9.47 Å². The summed E-state index contributed by atoms with van der Waals surface area (Å²) in [5.74, 6) is 2.15. The summed E-state index contributed by atoms with van der Waals surface area (Å²) in [5, 5.41) is 9.44. The molecule has 5 unspecified atom stereocenters. The first-order valence-corrected chi connectivity index (χ1v) is 12.0. The second kappa shape index (κ2) is 11.0. The summed E-state index contributed by atoms with van der Waals surface area (Å²) in [6.45, 7) is 2.87. The first-order valence-electron chi connectivity index (χ1n) is 11.0. The Morgan fingerprint density at radius 1 is 1.19 bits per heavy atom. The summed E-state index contributed by atoms with van der Waals surface area (Å²) in [5.41, 5.74) is 1.68. The van der Waals surface area contributed by atoms with Gasteiger partial charge in [0, 0.05) is 17.6 Å². The molecule has 2 N–H and O–H groups in total. The Labute approximate surface area is 168 Å². The van der Waals surface area contributed by atoms with Gasteiger partial charge in [-0.25, -0.2) is 5.48 Å². The number of amides is 1. The van der Waals surface area contributed by atoms with Gasteiger partial charge in [0.25, 0.3) is 0 Å². The van der Waals surface area contributed by atoms with Crippen molar-refractivity contribution in [3.05, 3.63) is 0 Å². The summed E-state index contributed by atoms with van der Waals surface area (Å²) in [6.07, 6.45) is 13.7. The number of hydrogen-bond acceptors (Lipinski definition) is 5. The molecule has 2 bridgehead atoms. The molecule has 2 aliphatic heterocycles. The molecule has 0 spiro atoms. The lowest BCUT2D eigenvalue weighted by Gasteiger charge is -2.29. The molecule has 0 aromatic rings. The van der Waals surface area contributed by atoms with Gasteiger partial charge in [0.2, 0.25) is 5.91 Å². The highest BCUT2D eigenvalue weighted by Crippen LogP contribution is 2.46. The summed E-state index contributed by atoms with van der Waals surface area (Å²) in [7, 11) is 0. The van der Waals surface area contributed by atoms with Crippen LogP contribution in [0.3, 0.4) is 0 Å². The van der Waals surface area contributed by atoms with Gasteiger partial charge in [-0.05, 0) is 63.5 Å². The van der Waals surface area contributed by atoms with E-state index in [4.69, 9.17) is 14.7 Å². The molecule has 1 aliphatic carbocycles. The Hall–Kier alpha value is -0.300. The zero-order valence-electron chi connectivity index (χ0n) is 16.7. The molecule has 6 heteroatoms. The number of carbonyl (C=O) groups is 1. The second-order valence-electron chi connectivity index (χ2n) is 8.61. The maximum absolute atomic E-state index is 11.1.